The van der Waals surface area contributed by atoms with Crippen LogP contribution in [0.5, 0.6) is 0 Å². The van der Waals surface area contributed by atoms with Gasteiger partial charge in [-0.15, -0.1) is 0 Å². The number of carbonyl (C=O) groups excluding carboxylic acids is 1. The summed E-state index contributed by atoms with van der Waals surface area (Å²) in [6, 6.07) is 17.5. The van der Waals surface area contributed by atoms with Gasteiger partial charge in [0.05, 0.1) is 4.92 Å². The fourth-order valence-electron chi connectivity index (χ4n) is 3.84. The zero-order valence-electron chi connectivity index (χ0n) is 17.7. The summed E-state index contributed by atoms with van der Waals surface area (Å²) in [6.45, 7) is 4.76. The molecule has 9 heteroatoms. The van der Waals surface area contributed by atoms with Crippen LogP contribution in [0, 0.1) is 17.0 Å². The van der Waals surface area contributed by atoms with Gasteiger partial charge in [0.1, 0.15) is 5.69 Å². The molecule has 0 saturated carbocycles. The van der Waals surface area contributed by atoms with Gasteiger partial charge >= 0.3 is 0 Å². The molecule has 3 aromatic rings. The molecule has 32 heavy (non-hydrogen) atoms. The predicted octanol–water partition coefficient (Wildman–Crippen LogP) is 2.41. The highest BCUT2D eigenvalue weighted by molar-refractivity contribution is 5.92. The number of amides is 1. The monoisotopic (exact) mass is 433 g/mol. The number of para-hydroxylation sites is 2. The van der Waals surface area contributed by atoms with Crippen LogP contribution in [0.15, 0.2) is 65.5 Å². The van der Waals surface area contributed by atoms with E-state index in [0.29, 0.717) is 31.9 Å². The summed E-state index contributed by atoms with van der Waals surface area (Å²) in [7, 11) is 0. The molecule has 9 nitrogen and oxygen atoms in total. The highest BCUT2D eigenvalue weighted by Gasteiger charge is 2.26. The van der Waals surface area contributed by atoms with Gasteiger partial charge in [0, 0.05) is 50.6 Å². The number of aryl methyl sites for hydroxylation is 1. The van der Waals surface area contributed by atoms with Crippen LogP contribution in [0.2, 0.25) is 0 Å². The van der Waals surface area contributed by atoms with Crippen molar-refractivity contribution in [3.05, 3.63) is 98.0 Å². The third kappa shape index (κ3) is 4.42. The van der Waals surface area contributed by atoms with E-state index in [1.54, 1.807) is 30.0 Å². The fraction of sp³-hybridized carbons (Fsp3) is 0.261. The first kappa shape index (κ1) is 21.4. The van der Waals surface area contributed by atoms with Crippen molar-refractivity contribution in [1.29, 1.82) is 0 Å². The summed E-state index contributed by atoms with van der Waals surface area (Å²) in [5.74, 6) is -0.457. The maximum Gasteiger partial charge on any atom is 0.294 e. The lowest BCUT2D eigenvalue weighted by molar-refractivity contribution is -0.384. The summed E-state index contributed by atoms with van der Waals surface area (Å²) in [4.78, 5) is 40.4. The van der Waals surface area contributed by atoms with E-state index in [9.17, 15) is 19.7 Å². The number of rotatable bonds is 5. The largest absolute Gasteiger partial charge is 0.335 e. The second kappa shape index (κ2) is 9.11. The third-order valence-corrected chi connectivity index (χ3v) is 5.53. The molecule has 0 N–H and O–H groups in total. The minimum atomic E-state index is -0.512. The van der Waals surface area contributed by atoms with Gasteiger partial charge in [0.15, 0.2) is 5.69 Å². The standard InChI is InChI=1S/C23H23N5O4/c1-17-15-21(29)22(24-27(17)19-9-5-6-10-20(19)28(31)32)23(30)26-13-11-25(12-14-26)16-18-7-3-2-4-8-18/h2-10,15H,11-14,16H2,1H3. The minimum absolute atomic E-state index is 0.153. The Labute approximate surface area is 184 Å². The summed E-state index contributed by atoms with van der Waals surface area (Å²) in [5, 5.41) is 15.7. The number of nitrogens with zero attached hydrogens (tertiary/aromatic N) is 5. The summed E-state index contributed by atoms with van der Waals surface area (Å²) >= 11 is 0. The predicted molar refractivity (Wildman–Crippen MR) is 119 cm³/mol. The molecule has 2 aromatic carbocycles. The Morgan fingerprint density at radius 3 is 2.38 bits per heavy atom. The average Bonchev–Trinajstić information content (AvgIpc) is 2.80. The van der Waals surface area contributed by atoms with E-state index in [-0.39, 0.29) is 17.1 Å². The molecule has 0 radical (unpaired) electrons. The van der Waals surface area contributed by atoms with Gasteiger partial charge in [-0.1, -0.05) is 42.5 Å². The van der Waals surface area contributed by atoms with E-state index in [1.807, 2.05) is 18.2 Å². The van der Waals surface area contributed by atoms with Crippen LogP contribution in [0.4, 0.5) is 5.69 Å². The molecule has 1 aliphatic rings. The van der Waals surface area contributed by atoms with Crippen LogP contribution in [-0.4, -0.2) is 56.6 Å². The quantitative estimate of drug-likeness (QED) is 0.452. The molecule has 0 spiro atoms. The van der Waals surface area contributed by atoms with Crippen LogP contribution in [-0.2, 0) is 6.54 Å². The van der Waals surface area contributed by atoms with Gasteiger partial charge in [-0.3, -0.25) is 24.6 Å². The van der Waals surface area contributed by atoms with E-state index in [2.05, 4.69) is 22.1 Å². The van der Waals surface area contributed by atoms with E-state index in [0.717, 1.165) is 6.54 Å². The first-order valence-corrected chi connectivity index (χ1v) is 10.3. The summed E-state index contributed by atoms with van der Waals surface area (Å²) in [5.41, 5.74) is 0.948. The topological polar surface area (TPSA) is 102 Å². The second-order valence-corrected chi connectivity index (χ2v) is 7.71. The Morgan fingerprint density at radius 2 is 1.69 bits per heavy atom. The molecule has 1 fully saturated rings. The normalized spacial score (nSPS) is 14.3. The number of aromatic nitrogens is 2. The van der Waals surface area contributed by atoms with Crippen LogP contribution in [0.25, 0.3) is 5.69 Å². The molecule has 0 unspecified atom stereocenters. The van der Waals surface area contributed by atoms with Crippen molar-refractivity contribution in [2.24, 2.45) is 0 Å². The Hall–Kier alpha value is -3.85. The average molecular weight is 433 g/mol. The number of nitro benzene ring substituents is 1. The van der Waals surface area contributed by atoms with Crippen LogP contribution in [0.1, 0.15) is 21.7 Å². The molecule has 2 heterocycles. The first-order chi connectivity index (χ1) is 15.4. The molecular weight excluding hydrogens is 410 g/mol. The Balaban J connectivity index is 1.54. The molecule has 0 aliphatic carbocycles. The van der Waals surface area contributed by atoms with Crippen molar-refractivity contribution < 1.29 is 9.72 Å². The van der Waals surface area contributed by atoms with Crippen LogP contribution in [0.3, 0.4) is 0 Å². The lowest BCUT2D eigenvalue weighted by Gasteiger charge is -2.34. The number of piperazine rings is 1. The number of hydrogen-bond acceptors (Lipinski definition) is 6. The first-order valence-electron chi connectivity index (χ1n) is 10.3. The zero-order chi connectivity index (χ0) is 22.7. The highest BCUT2D eigenvalue weighted by atomic mass is 16.6. The minimum Gasteiger partial charge on any atom is -0.335 e. The van der Waals surface area contributed by atoms with Crippen LogP contribution >= 0.6 is 0 Å². The van der Waals surface area contributed by atoms with Gasteiger partial charge in [0.2, 0.25) is 5.43 Å². The zero-order valence-corrected chi connectivity index (χ0v) is 17.7. The fourth-order valence-corrected chi connectivity index (χ4v) is 3.84. The van der Waals surface area contributed by atoms with E-state index in [4.69, 9.17) is 0 Å². The number of nitro groups is 1. The molecule has 164 valence electrons. The Morgan fingerprint density at radius 1 is 1.03 bits per heavy atom. The maximum absolute atomic E-state index is 13.1. The van der Waals surface area contributed by atoms with Crippen LogP contribution < -0.4 is 5.43 Å². The molecule has 1 amide bonds. The van der Waals surface area contributed by atoms with Crippen molar-refractivity contribution in [2.75, 3.05) is 26.2 Å². The molecule has 4 rings (SSSR count). The van der Waals surface area contributed by atoms with Crippen molar-refractivity contribution in [3.8, 4) is 5.69 Å². The van der Waals surface area contributed by atoms with Crippen molar-refractivity contribution in [1.82, 2.24) is 19.6 Å². The van der Waals surface area contributed by atoms with Gasteiger partial charge in [0.25, 0.3) is 11.6 Å². The Kier molecular flexibility index (Phi) is 6.09. The van der Waals surface area contributed by atoms with Crippen molar-refractivity contribution >= 4 is 11.6 Å². The number of carbonyl (C=O) groups is 1. The van der Waals surface area contributed by atoms with Gasteiger partial charge in [-0.25, -0.2) is 4.68 Å². The van der Waals surface area contributed by atoms with Crippen molar-refractivity contribution in [3.63, 3.8) is 0 Å². The molecule has 1 saturated heterocycles. The molecular formula is C23H23N5O4. The lowest BCUT2D eigenvalue weighted by Crippen LogP contribution is -2.49. The molecule has 1 aliphatic heterocycles. The maximum atomic E-state index is 13.1. The molecule has 0 atom stereocenters. The summed E-state index contributed by atoms with van der Waals surface area (Å²) < 4.78 is 1.29. The van der Waals surface area contributed by atoms with E-state index in [1.165, 1.54) is 22.4 Å². The van der Waals surface area contributed by atoms with Crippen molar-refractivity contribution in [2.45, 2.75) is 13.5 Å². The van der Waals surface area contributed by atoms with Gasteiger partial charge in [-0.2, -0.15) is 5.10 Å². The third-order valence-electron chi connectivity index (χ3n) is 5.53. The van der Waals surface area contributed by atoms with E-state index >= 15 is 0 Å². The van der Waals surface area contributed by atoms with Gasteiger partial charge < -0.3 is 4.90 Å². The number of benzene rings is 2. The molecule has 0 bridgehead atoms. The smallest absolute Gasteiger partial charge is 0.294 e. The lowest BCUT2D eigenvalue weighted by atomic mass is 10.2. The Bertz CT molecular complexity index is 1200. The SMILES string of the molecule is Cc1cc(=O)c(C(=O)N2CCN(Cc3ccccc3)CC2)nn1-c1ccccc1[N+](=O)[O-]. The number of hydrogen-bond donors (Lipinski definition) is 0. The van der Waals surface area contributed by atoms with E-state index < -0.39 is 16.3 Å². The second-order valence-electron chi connectivity index (χ2n) is 7.71. The van der Waals surface area contributed by atoms with Gasteiger partial charge in [-0.05, 0) is 18.6 Å². The molecule has 1 aromatic heterocycles. The highest BCUT2D eigenvalue weighted by Crippen LogP contribution is 2.22. The summed E-state index contributed by atoms with van der Waals surface area (Å²) in [6.07, 6.45) is 0.